The number of imidazole rings is 2. The molecule has 45 heavy (non-hydrogen) atoms. The molecule has 2 heterocycles. The van der Waals surface area contributed by atoms with Crippen LogP contribution in [0.25, 0.3) is 0 Å². The number of fused-ring (bicyclic) bond motifs is 7. The maximum absolute atomic E-state index is 13.0. The minimum Gasteiger partial charge on any atom is -0.445 e. The molecule has 0 spiro atoms. The molecule has 5 fully saturated rings. The van der Waals surface area contributed by atoms with Crippen LogP contribution in [0.3, 0.4) is 0 Å². The average Bonchev–Trinajstić information content (AvgIpc) is 3.80. The van der Waals surface area contributed by atoms with Crippen LogP contribution in [0, 0.1) is 56.7 Å². The first-order valence-electron chi connectivity index (χ1n) is 17.4. The van der Waals surface area contributed by atoms with Crippen LogP contribution >= 0.6 is 15.9 Å². The van der Waals surface area contributed by atoms with Crippen LogP contribution in [0.1, 0.15) is 105 Å². The van der Waals surface area contributed by atoms with Crippen molar-refractivity contribution < 1.29 is 14.6 Å². The third-order valence-corrected chi connectivity index (χ3v) is 16.1. The van der Waals surface area contributed by atoms with Crippen LogP contribution in [0.5, 0.6) is 0 Å². The maximum atomic E-state index is 13.0. The Kier molecular flexibility index (Phi) is 7.60. The van der Waals surface area contributed by atoms with Crippen LogP contribution in [-0.4, -0.2) is 41.7 Å². The molecule has 0 aliphatic heterocycles. The molecule has 7 rings (SSSR count). The van der Waals surface area contributed by atoms with Crippen molar-refractivity contribution in [1.82, 2.24) is 19.1 Å². The Labute approximate surface area is 277 Å². The van der Waals surface area contributed by atoms with Gasteiger partial charge in [-0.25, -0.2) is 19.3 Å². The third-order valence-electron chi connectivity index (χ3n) is 15.4. The van der Waals surface area contributed by atoms with Crippen molar-refractivity contribution in [2.45, 2.75) is 111 Å². The molecule has 8 heteroatoms. The number of alkyl halides is 1. The molecule has 1 N–H and O–H groups in total. The Morgan fingerprint density at radius 3 is 2.38 bits per heavy atom. The van der Waals surface area contributed by atoms with E-state index in [4.69, 9.17) is 4.74 Å². The van der Waals surface area contributed by atoms with E-state index < -0.39 is 6.23 Å². The Balaban J connectivity index is 1.20. The lowest BCUT2D eigenvalue weighted by Gasteiger charge is -2.73. The van der Waals surface area contributed by atoms with E-state index in [2.05, 4.69) is 67.1 Å². The number of ether oxygens (including phenoxy) is 1. The highest BCUT2D eigenvalue weighted by Gasteiger charge is 2.72. The van der Waals surface area contributed by atoms with E-state index in [1.54, 1.807) is 18.6 Å². The van der Waals surface area contributed by atoms with Gasteiger partial charge in [-0.15, -0.1) is 0 Å². The molecule has 5 saturated carbocycles. The van der Waals surface area contributed by atoms with Gasteiger partial charge in [0.1, 0.15) is 18.7 Å². The van der Waals surface area contributed by atoms with Gasteiger partial charge in [0.25, 0.3) is 0 Å². The molecule has 5 aliphatic carbocycles. The number of aromatic nitrogens is 4. The maximum Gasteiger partial charge on any atom is 0.419 e. The monoisotopic (exact) mass is 680 g/mol. The highest BCUT2D eigenvalue weighted by atomic mass is 79.9. The molecule has 0 aromatic carbocycles. The summed E-state index contributed by atoms with van der Waals surface area (Å²) in [6.07, 6.45) is 20.6. The lowest BCUT2D eigenvalue weighted by atomic mass is 9.32. The van der Waals surface area contributed by atoms with Gasteiger partial charge in [-0.2, -0.15) is 0 Å². The summed E-state index contributed by atoms with van der Waals surface area (Å²) >= 11 is 3.78. The number of halogens is 1. The zero-order valence-corrected chi connectivity index (χ0v) is 29.5. The van der Waals surface area contributed by atoms with Gasteiger partial charge < -0.3 is 14.4 Å². The van der Waals surface area contributed by atoms with Gasteiger partial charge in [-0.3, -0.25) is 0 Å². The molecule has 0 radical (unpaired) electrons. The fourth-order valence-electron chi connectivity index (χ4n) is 13.1. The van der Waals surface area contributed by atoms with E-state index in [1.165, 1.54) is 42.2 Å². The van der Waals surface area contributed by atoms with E-state index >= 15 is 0 Å². The van der Waals surface area contributed by atoms with Crippen molar-refractivity contribution in [2.24, 2.45) is 56.7 Å². The molecule has 0 bridgehead atoms. The van der Waals surface area contributed by atoms with Gasteiger partial charge in [-0.1, -0.05) is 62.7 Å². The summed E-state index contributed by atoms with van der Waals surface area (Å²) in [4.78, 5) is 21.3. The van der Waals surface area contributed by atoms with E-state index in [0.717, 1.165) is 43.9 Å². The van der Waals surface area contributed by atoms with E-state index in [1.807, 2.05) is 17.1 Å². The minimum absolute atomic E-state index is 0.101. The first-order valence-corrected chi connectivity index (χ1v) is 18.5. The fourth-order valence-corrected chi connectivity index (χ4v) is 13.5. The lowest BCUT2D eigenvalue weighted by Crippen LogP contribution is -2.67. The van der Waals surface area contributed by atoms with Gasteiger partial charge in [0.15, 0.2) is 0 Å². The van der Waals surface area contributed by atoms with E-state index in [0.29, 0.717) is 29.6 Å². The molecule has 246 valence electrons. The summed E-state index contributed by atoms with van der Waals surface area (Å²) in [5.41, 5.74) is 1.65. The largest absolute Gasteiger partial charge is 0.445 e. The number of hydrogen-bond donors (Lipinski definition) is 1. The topological polar surface area (TPSA) is 82.2 Å². The zero-order valence-electron chi connectivity index (χ0n) is 27.9. The summed E-state index contributed by atoms with van der Waals surface area (Å²) in [6.45, 7) is 17.2. The summed E-state index contributed by atoms with van der Waals surface area (Å²) in [6, 6.07) is 0. The van der Waals surface area contributed by atoms with Gasteiger partial charge in [0.05, 0.1) is 6.33 Å². The molecule has 11 atom stereocenters. The van der Waals surface area contributed by atoms with Crippen molar-refractivity contribution >= 4 is 22.0 Å². The van der Waals surface area contributed by atoms with Gasteiger partial charge in [0.2, 0.25) is 0 Å². The summed E-state index contributed by atoms with van der Waals surface area (Å²) in [5.74, 6) is 2.51. The van der Waals surface area contributed by atoms with Crippen LogP contribution < -0.4 is 0 Å². The average molecular weight is 682 g/mol. The number of aliphatic hydroxyl groups excluding tert-OH is 1. The molecule has 0 amide bonds. The standard InChI is InChI=1S/C37H53BrN4O3/c1-24(21-38)25-9-14-37(31(43)41-19-17-39-22-41)16-15-35(5)26(30(25)37)7-8-28-34(4)12-11-29(45-32(44)42-20-18-40-23-42)33(2,3)27(34)10-13-36(28,35)6/h17-20,22-23,25-31,43H,1,7-16,21H2,2-6H3/t25-,26+,27-,28+,29-,30+,31?,34-,35+,36+,37-/m0/s1. The predicted molar refractivity (Wildman–Crippen MR) is 178 cm³/mol. The second-order valence-electron chi connectivity index (χ2n) is 17.0. The van der Waals surface area contributed by atoms with Gasteiger partial charge in [0, 0.05) is 40.9 Å². The van der Waals surface area contributed by atoms with Gasteiger partial charge in [-0.05, 0) is 110 Å². The Bertz CT molecular complexity index is 1420. The number of rotatable bonds is 5. The fraction of sp³-hybridized carbons (Fsp3) is 0.757. The van der Waals surface area contributed by atoms with Crippen molar-refractivity contribution in [1.29, 1.82) is 0 Å². The molecule has 5 aliphatic rings. The Morgan fingerprint density at radius 2 is 1.69 bits per heavy atom. The SMILES string of the molecule is C=C(CBr)[C@@H]1CC[C@]2(C(O)n3ccnc3)CC[C@]3(C)[C@H](CC[C@@H]4[C@@]5(C)CC[C@H](OC(=O)n6ccnc6)C(C)(C)[C@@H]5CC[C@]43C)[C@@H]12. The molecular formula is C37H53BrN4O3. The molecule has 2 aromatic heterocycles. The highest BCUT2D eigenvalue weighted by Crippen LogP contribution is 2.78. The number of carbonyl (C=O) groups is 1. The Hall–Kier alpha value is -1.93. The highest BCUT2D eigenvalue weighted by molar-refractivity contribution is 9.09. The van der Waals surface area contributed by atoms with E-state index in [9.17, 15) is 9.90 Å². The van der Waals surface area contributed by atoms with Crippen molar-refractivity contribution in [2.75, 3.05) is 5.33 Å². The first-order chi connectivity index (χ1) is 21.3. The van der Waals surface area contributed by atoms with Crippen LogP contribution in [0.15, 0.2) is 49.6 Å². The normalized spacial score (nSPS) is 44.2. The molecule has 7 nitrogen and oxygen atoms in total. The molecule has 0 saturated heterocycles. The van der Waals surface area contributed by atoms with Crippen molar-refractivity contribution in [3.63, 3.8) is 0 Å². The van der Waals surface area contributed by atoms with Crippen LogP contribution in [0.4, 0.5) is 4.79 Å². The second kappa shape index (κ2) is 10.8. The third kappa shape index (κ3) is 4.32. The molecule has 2 aromatic rings. The number of hydrogen-bond acceptors (Lipinski definition) is 5. The molecular weight excluding hydrogens is 628 g/mol. The van der Waals surface area contributed by atoms with Crippen molar-refractivity contribution in [3.8, 4) is 0 Å². The minimum atomic E-state index is -0.553. The molecule has 1 unspecified atom stereocenters. The first kappa shape index (κ1) is 31.7. The summed E-state index contributed by atoms with van der Waals surface area (Å²) < 4.78 is 9.63. The Morgan fingerprint density at radius 1 is 0.933 bits per heavy atom. The smallest absolute Gasteiger partial charge is 0.419 e. The summed E-state index contributed by atoms with van der Waals surface area (Å²) in [7, 11) is 0. The number of allylic oxidation sites excluding steroid dienone is 1. The lowest BCUT2D eigenvalue weighted by molar-refractivity contribution is -0.256. The van der Waals surface area contributed by atoms with Crippen molar-refractivity contribution in [3.05, 3.63) is 49.6 Å². The van der Waals surface area contributed by atoms with Crippen LogP contribution in [-0.2, 0) is 4.74 Å². The quantitative estimate of drug-likeness (QED) is 0.252. The predicted octanol–water partition coefficient (Wildman–Crippen LogP) is 8.66. The van der Waals surface area contributed by atoms with E-state index in [-0.39, 0.29) is 39.3 Å². The number of carbonyl (C=O) groups excluding carboxylic acids is 1. The van der Waals surface area contributed by atoms with Crippen LogP contribution in [0.2, 0.25) is 0 Å². The number of nitrogens with zero attached hydrogens (tertiary/aromatic N) is 4. The van der Waals surface area contributed by atoms with Gasteiger partial charge >= 0.3 is 6.09 Å². The second-order valence-corrected chi connectivity index (χ2v) is 17.5. The zero-order chi connectivity index (χ0) is 32.0. The summed E-state index contributed by atoms with van der Waals surface area (Å²) in [5, 5.41) is 12.9. The number of aliphatic hydroxyl groups is 1.